The highest BCUT2D eigenvalue weighted by Gasteiger charge is 2.33. The van der Waals surface area contributed by atoms with Crippen molar-refractivity contribution in [1.82, 2.24) is 4.90 Å². The first-order chi connectivity index (χ1) is 13.6. The maximum absolute atomic E-state index is 14.1. The Morgan fingerprint density at radius 1 is 1.11 bits per heavy atom. The predicted octanol–water partition coefficient (Wildman–Crippen LogP) is 4.67. The SMILES string of the molecule is O=C1CN(C(=O)CCC2CCCC2)[C@H](c2ccccc2)c2cc(F)ccc2N1. The van der Waals surface area contributed by atoms with Crippen LogP contribution >= 0.6 is 0 Å². The van der Waals surface area contributed by atoms with Crippen molar-refractivity contribution < 1.29 is 14.0 Å². The number of amides is 2. The number of nitrogens with zero attached hydrogens (tertiary/aromatic N) is 1. The van der Waals surface area contributed by atoms with E-state index >= 15 is 0 Å². The van der Waals surface area contributed by atoms with Gasteiger partial charge in [0.1, 0.15) is 12.4 Å². The number of hydrogen-bond donors (Lipinski definition) is 1. The van der Waals surface area contributed by atoms with Gasteiger partial charge >= 0.3 is 0 Å². The molecule has 0 saturated heterocycles. The van der Waals surface area contributed by atoms with Crippen LogP contribution in [-0.4, -0.2) is 23.3 Å². The van der Waals surface area contributed by atoms with E-state index in [0.29, 0.717) is 23.6 Å². The highest BCUT2D eigenvalue weighted by Crippen LogP contribution is 2.37. The summed E-state index contributed by atoms with van der Waals surface area (Å²) in [5.41, 5.74) is 2.05. The minimum Gasteiger partial charge on any atom is -0.324 e. The predicted molar refractivity (Wildman–Crippen MR) is 106 cm³/mol. The van der Waals surface area contributed by atoms with E-state index in [1.807, 2.05) is 30.3 Å². The molecule has 146 valence electrons. The molecule has 0 radical (unpaired) electrons. The van der Waals surface area contributed by atoms with Crippen LogP contribution in [0.25, 0.3) is 0 Å². The van der Waals surface area contributed by atoms with Crippen LogP contribution < -0.4 is 5.32 Å². The van der Waals surface area contributed by atoms with Crippen molar-refractivity contribution in [2.45, 2.75) is 44.6 Å². The number of benzene rings is 2. The second-order valence-electron chi connectivity index (χ2n) is 7.80. The first kappa shape index (κ1) is 18.7. The smallest absolute Gasteiger partial charge is 0.244 e. The maximum Gasteiger partial charge on any atom is 0.244 e. The molecule has 1 aliphatic heterocycles. The Labute approximate surface area is 164 Å². The molecule has 4 nitrogen and oxygen atoms in total. The highest BCUT2D eigenvalue weighted by molar-refractivity contribution is 5.97. The monoisotopic (exact) mass is 380 g/mol. The number of nitrogens with one attached hydrogen (secondary N) is 1. The molecule has 2 aromatic carbocycles. The van der Waals surface area contributed by atoms with Crippen molar-refractivity contribution in [3.05, 3.63) is 65.5 Å². The number of fused-ring (bicyclic) bond motifs is 1. The van der Waals surface area contributed by atoms with Gasteiger partial charge < -0.3 is 10.2 Å². The molecule has 0 unspecified atom stereocenters. The molecule has 4 rings (SSSR count). The van der Waals surface area contributed by atoms with Gasteiger partial charge in [0.2, 0.25) is 11.8 Å². The zero-order chi connectivity index (χ0) is 19.5. The van der Waals surface area contributed by atoms with Crippen LogP contribution in [0.4, 0.5) is 10.1 Å². The molecule has 2 aromatic rings. The highest BCUT2D eigenvalue weighted by atomic mass is 19.1. The van der Waals surface area contributed by atoms with E-state index in [9.17, 15) is 14.0 Å². The van der Waals surface area contributed by atoms with E-state index in [1.54, 1.807) is 11.0 Å². The molecule has 2 amide bonds. The van der Waals surface area contributed by atoms with Gasteiger partial charge in [-0.05, 0) is 36.1 Å². The summed E-state index contributed by atoms with van der Waals surface area (Å²) in [7, 11) is 0. The number of rotatable bonds is 4. The Bertz CT molecular complexity index is 862. The summed E-state index contributed by atoms with van der Waals surface area (Å²) in [6.45, 7) is -0.0284. The molecule has 2 aliphatic rings. The molecule has 1 aliphatic carbocycles. The van der Waals surface area contributed by atoms with Gasteiger partial charge in [-0.25, -0.2) is 4.39 Å². The van der Waals surface area contributed by atoms with Gasteiger partial charge in [0.15, 0.2) is 0 Å². The minimum absolute atomic E-state index is 0.0284. The van der Waals surface area contributed by atoms with Crippen LogP contribution in [0.15, 0.2) is 48.5 Å². The summed E-state index contributed by atoms with van der Waals surface area (Å²) in [6.07, 6.45) is 6.13. The summed E-state index contributed by atoms with van der Waals surface area (Å²) < 4.78 is 14.1. The van der Waals surface area contributed by atoms with Gasteiger partial charge in [-0.3, -0.25) is 9.59 Å². The average Bonchev–Trinajstić information content (AvgIpc) is 3.17. The van der Waals surface area contributed by atoms with Crippen molar-refractivity contribution in [3.63, 3.8) is 0 Å². The first-order valence-electron chi connectivity index (χ1n) is 10.1. The van der Waals surface area contributed by atoms with Crippen LogP contribution in [-0.2, 0) is 9.59 Å². The molecule has 1 fully saturated rings. The summed E-state index contributed by atoms with van der Waals surface area (Å²) in [4.78, 5) is 27.3. The van der Waals surface area contributed by atoms with Crippen molar-refractivity contribution in [2.75, 3.05) is 11.9 Å². The lowest BCUT2D eigenvalue weighted by Gasteiger charge is -2.31. The topological polar surface area (TPSA) is 49.4 Å². The van der Waals surface area contributed by atoms with Gasteiger partial charge in [0.25, 0.3) is 0 Å². The Morgan fingerprint density at radius 3 is 2.61 bits per heavy atom. The first-order valence-corrected chi connectivity index (χ1v) is 10.1. The molecule has 1 atom stereocenters. The molecule has 5 heteroatoms. The van der Waals surface area contributed by atoms with E-state index < -0.39 is 6.04 Å². The lowest BCUT2D eigenvalue weighted by Crippen LogP contribution is -2.39. The molecule has 28 heavy (non-hydrogen) atoms. The zero-order valence-electron chi connectivity index (χ0n) is 15.9. The Kier molecular flexibility index (Phi) is 5.42. The van der Waals surface area contributed by atoms with Gasteiger partial charge in [0, 0.05) is 17.7 Å². The number of carbonyl (C=O) groups excluding carboxylic acids is 2. The molecular weight excluding hydrogens is 355 g/mol. The van der Waals surface area contributed by atoms with Gasteiger partial charge in [-0.1, -0.05) is 56.0 Å². The van der Waals surface area contributed by atoms with Crippen LogP contribution in [0.3, 0.4) is 0 Å². The van der Waals surface area contributed by atoms with Crippen molar-refractivity contribution in [3.8, 4) is 0 Å². The van der Waals surface area contributed by atoms with Crippen molar-refractivity contribution in [2.24, 2.45) is 5.92 Å². The van der Waals surface area contributed by atoms with E-state index in [4.69, 9.17) is 0 Å². The van der Waals surface area contributed by atoms with Crippen LogP contribution in [0.1, 0.15) is 55.7 Å². The minimum atomic E-state index is -0.484. The summed E-state index contributed by atoms with van der Waals surface area (Å²) in [6, 6.07) is 13.4. The van der Waals surface area contributed by atoms with Gasteiger partial charge in [-0.15, -0.1) is 0 Å². The van der Waals surface area contributed by atoms with E-state index in [1.165, 1.54) is 37.8 Å². The molecule has 0 bridgehead atoms. The molecule has 1 saturated carbocycles. The molecule has 0 aromatic heterocycles. The Balaban J connectivity index is 1.69. The second kappa shape index (κ2) is 8.13. The van der Waals surface area contributed by atoms with Crippen LogP contribution in [0.5, 0.6) is 0 Å². The third-order valence-electron chi connectivity index (χ3n) is 5.88. The fourth-order valence-corrected chi connectivity index (χ4v) is 4.47. The van der Waals surface area contributed by atoms with Gasteiger partial charge in [0.05, 0.1) is 6.04 Å². The Morgan fingerprint density at radius 2 is 1.86 bits per heavy atom. The number of hydrogen-bond acceptors (Lipinski definition) is 2. The standard InChI is InChI=1S/C23H25FN2O2/c24-18-11-12-20-19(14-18)23(17-8-2-1-3-9-17)26(15-21(27)25-20)22(28)13-10-16-6-4-5-7-16/h1-3,8-9,11-12,14,16,23H,4-7,10,13,15H2,(H,25,27)/t23-/m1/s1. The Hall–Kier alpha value is -2.69. The van der Waals surface area contributed by atoms with E-state index in [0.717, 1.165) is 12.0 Å². The quantitative estimate of drug-likeness (QED) is 0.838. The maximum atomic E-state index is 14.1. The number of carbonyl (C=O) groups is 2. The van der Waals surface area contributed by atoms with Crippen molar-refractivity contribution >= 4 is 17.5 Å². The van der Waals surface area contributed by atoms with Gasteiger partial charge in [-0.2, -0.15) is 0 Å². The number of anilines is 1. The summed E-state index contributed by atoms with van der Waals surface area (Å²) in [5.74, 6) is -0.0765. The van der Waals surface area contributed by atoms with E-state index in [-0.39, 0.29) is 24.2 Å². The fraction of sp³-hybridized carbons (Fsp3) is 0.391. The van der Waals surface area contributed by atoms with E-state index in [2.05, 4.69) is 5.32 Å². The third kappa shape index (κ3) is 3.93. The lowest BCUT2D eigenvalue weighted by molar-refractivity contribution is -0.136. The molecular formula is C23H25FN2O2. The molecule has 1 heterocycles. The third-order valence-corrected chi connectivity index (χ3v) is 5.88. The normalized spacial score (nSPS) is 19.8. The zero-order valence-corrected chi connectivity index (χ0v) is 15.9. The average molecular weight is 380 g/mol. The summed E-state index contributed by atoms with van der Waals surface area (Å²) >= 11 is 0. The van der Waals surface area contributed by atoms with Crippen LogP contribution in [0, 0.1) is 11.7 Å². The molecule has 0 spiro atoms. The fourth-order valence-electron chi connectivity index (χ4n) is 4.47. The molecule has 1 N–H and O–H groups in total. The number of halogens is 1. The lowest BCUT2D eigenvalue weighted by atomic mass is 9.94. The second-order valence-corrected chi connectivity index (χ2v) is 7.80. The van der Waals surface area contributed by atoms with Crippen LogP contribution in [0.2, 0.25) is 0 Å². The summed E-state index contributed by atoms with van der Waals surface area (Å²) in [5, 5.41) is 2.83. The largest absolute Gasteiger partial charge is 0.324 e. The van der Waals surface area contributed by atoms with Crippen molar-refractivity contribution in [1.29, 1.82) is 0 Å².